The number of benzene rings is 11. The fourth-order valence-corrected chi connectivity index (χ4v) is 12.6. The fourth-order valence-electron chi connectivity index (χ4n) is 11.3. The van der Waals surface area contributed by atoms with Gasteiger partial charge in [-0.15, -0.1) is 0 Å². The maximum absolute atomic E-state index is 13.7. The summed E-state index contributed by atoms with van der Waals surface area (Å²) in [5, 5.41) is 0. The first kappa shape index (κ1) is 55.9. The summed E-state index contributed by atoms with van der Waals surface area (Å²) in [4.78, 5) is 0.395. The van der Waals surface area contributed by atoms with Crippen LogP contribution in [-0.4, -0.2) is 14.0 Å². The number of rotatable bonds is 19. The Kier molecular flexibility index (Phi) is 16.3. The van der Waals surface area contributed by atoms with Gasteiger partial charge in [0.05, 0.1) is 9.79 Å². The first-order valence-electron chi connectivity index (χ1n) is 29.1. The first-order valence-corrected chi connectivity index (χ1v) is 30.6. The molecule has 4 nitrogen and oxygen atoms in total. The highest BCUT2D eigenvalue weighted by molar-refractivity contribution is 7.91. The summed E-state index contributed by atoms with van der Waals surface area (Å²) in [6.07, 6.45) is 3.89. The molecule has 0 amide bonds. The topological polar surface area (TPSA) is 52.6 Å². The molecule has 0 spiro atoms. The number of ether oxygens (including phenoxy) is 2. The standard InChI is InChI=1S/C78H70O4S/c1-7-77(5,8-2)65-43-39-57(40-44-65)55-31-35-63(36-32-55)75-71(59-23-15-11-16-24-59)73(61-27-19-13-20-28-61)76(74(62-29-21-14-22-30-62)72(75)60-25-17-12-18-26-60)64-37-33-56(34-38-64)58-41-45-66(46-42-58)81-67-47-51-69(52-48-67)83(79,80)70-53-49-68(50-54-70)82-78(6,9-3)10-4/h11-54H,7-10H2,1-6H3. The van der Waals surface area contributed by atoms with Crippen molar-refractivity contribution in [3.8, 4) is 106 Å². The molecule has 0 aromatic heterocycles. The Hall–Kier alpha value is -9.03. The molecule has 0 heterocycles. The SMILES string of the molecule is CCC(C)(CC)Oc1ccc(S(=O)(=O)c2ccc(Oc3ccc(-c4ccc(-c5c(-c6ccccc6)c(-c6ccccc6)c(-c6ccc(-c7ccc(C(C)(CC)CC)cc7)cc6)c(-c6ccccc6)c5-c5ccccc5)cc4)cc3)cc2)cc1. The molecule has 11 aromatic carbocycles. The Bertz CT molecular complexity index is 3960. The second-order valence-electron chi connectivity index (χ2n) is 22.0. The van der Waals surface area contributed by atoms with Gasteiger partial charge in [-0.05, 0) is 193 Å². The zero-order valence-electron chi connectivity index (χ0n) is 48.3. The van der Waals surface area contributed by atoms with Crippen LogP contribution in [0.3, 0.4) is 0 Å². The van der Waals surface area contributed by atoms with E-state index in [9.17, 15) is 8.42 Å². The molecule has 0 bridgehead atoms. The molecule has 0 saturated carbocycles. The van der Waals surface area contributed by atoms with Crippen LogP contribution in [0.2, 0.25) is 0 Å². The third-order valence-electron chi connectivity index (χ3n) is 17.1. The van der Waals surface area contributed by atoms with Gasteiger partial charge in [-0.1, -0.05) is 241 Å². The third kappa shape index (κ3) is 11.6. The summed E-state index contributed by atoms with van der Waals surface area (Å²) < 4.78 is 39.8. The molecular weight excluding hydrogens is 1030 g/mol. The maximum Gasteiger partial charge on any atom is 0.206 e. The minimum atomic E-state index is -3.76. The molecule has 0 aliphatic carbocycles. The molecule has 412 valence electrons. The van der Waals surface area contributed by atoms with Gasteiger partial charge in [-0.3, -0.25) is 0 Å². The predicted molar refractivity (Wildman–Crippen MR) is 346 cm³/mol. The smallest absolute Gasteiger partial charge is 0.206 e. The lowest BCUT2D eigenvalue weighted by Crippen LogP contribution is -2.30. The molecule has 0 atom stereocenters. The molecule has 0 unspecified atom stereocenters. The van der Waals surface area contributed by atoms with Gasteiger partial charge in [0.25, 0.3) is 0 Å². The average Bonchev–Trinajstić information content (AvgIpc) is 2.29. The molecule has 83 heavy (non-hydrogen) atoms. The van der Waals surface area contributed by atoms with Gasteiger partial charge < -0.3 is 9.47 Å². The van der Waals surface area contributed by atoms with Crippen molar-refractivity contribution >= 4 is 9.84 Å². The summed E-state index contributed by atoms with van der Waals surface area (Å²) in [6, 6.07) is 92.3. The Morgan fingerprint density at radius 2 is 0.542 bits per heavy atom. The van der Waals surface area contributed by atoms with Crippen LogP contribution in [0.15, 0.2) is 277 Å². The molecule has 0 saturated heterocycles. The van der Waals surface area contributed by atoms with Crippen LogP contribution in [0.5, 0.6) is 17.2 Å². The summed E-state index contributed by atoms with van der Waals surface area (Å²) in [7, 11) is -3.76. The highest BCUT2D eigenvalue weighted by atomic mass is 32.2. The summed E-state index contributed by atoms with van der Waals surface area (Å²) in [6.45, 7) is 13.2. The van der Waals surface area contributed by atoms with Gasteiger partial charge in [0.15, 0.2) is 0 Å². The van der Waals surface area contributed by atoms with Crippen molar-refractivity contribution in [3.05, 3.63) is 272 Å². The van der Waals surface area contributed by atoms with Gasteiger partial charge in [-0.25, -0.2) is 8.42 Å². The van der Waals surface area contributed by atoms with Crippen molar-refractivity contribution < 1.29 is 17.9 Å². The van der Waals surface area contributed by atoms with Crippen molar-refractivity contribution in [2.45, 2.75) is 88.0 Å². The van der Waals surface area contributed by atoms with Crippen molar-refractivity contribution in [3.63, 3.8) is 0 Å². The van der Waals surface area contributed by atoms with Crippen molar-refractivity contribution in [2.24, 2.45) is 0 Å². The van der Waals surface area contributed by atoms with Crippen LogP contribution in [0.25, 0.3) is 89.0 Å². The lowest BCUT2D eigenvalue weighted by molar-refractivity contribution is 0.0802. The lowest BCUT2D eigenvalue weighted by Gasteiger charge is -2.29. The monoisotopic (exact) mass is 1100 g/mol. The van der Waals surface area contributed by atoms with E-state index in [4.69, 9.17) is 9.47 Å². The van der Waals surface area contributed by atoms with E-state index in [2.05, 4.69) is 248 Å². The molecule has 0 aliphatic rings. The van der Waals surface area contributed by atoms with E-state index in [1.165, 1.54) is 33.4 Å². The van der Waals surface area contributed by atoms with Gasteiger partial charge in [0.1, 0.15) is 22.8 Å². The molecule has 5 heteroatoms. The minimum Gasteiger partial charge on any atom is -0.488 e. The van der Waals surface area contributed by atoms with Crippen molar-refractivity contribution in [1.82, 2.24) is 0 Å². The Balaban J connectivity index is 0.980. The van der Waals surface area contributed by atoms with Crippen LogP contribution >= 0.6 is 0 Å². The Morgan fingerprint density at radius 3 is 0.843 bits per heavy atom. The zero-order chi connectivity index (χ0) is 57.6. The van der Waals surface area contributed by atoms with E-state index in [0.717, 1.165) is 86.9 Å². The second-order valence-corrected chi connectivity index (χ2v) is 24.0. The van der Waals surface area contributed by atoms with Gasteiger partial charge >= 0.3 is 0 Å². The summed E-state index contributed by atoms with van der Waals surface area (Å²) in [5.74, 6) is 1.82. The molecule has 0 aliphatic heterocycles. The molecule has 11 aromatic rings. The third-order valence-corrected chi connectivity index (χ3v) is 18.9. The van der Waals surface area contributed by atoms with Crippen LogP contribution in [-0.2, 0) is 15.3 Å². The van der Waals surface area contributed by atoms with Crippen LogP contribution in [0, 0.1) is 0 Å². The molecule has 0 radical (unpaired) electrons. The first-order chi connectivity index (χ1) is 40.4. The van der Waals surface area contributed by atoms with E-state index in [-0.39, 0.29) is 20.8 Å². The van der Waals surface area contributed by atoms with Crippen molar-refractivity contribution in [1.29, 1.82) is 0 Å². The molecule has 0 N–H and O–H groups in total. The maximum atomic E-state index is 13.7. The van der Waals surface area contributed by atoms with Gasteiger partial charge in [0.2, 0.25) is 9.84 Å². The summed E-state index contributed by atoms with van der Waals surface area (Å²) in [5.41, 5.74) is 19.4. The fraction of sp³-hybridized carbons (Fsp3) is 0.154. The van der Waals surface area contributed by atoms with Crippen LogP contribution in [0.1, 0.15) is 72.8 Å². The molecule has 0 fully saturated rings. The Morgan fingerprint density at radius 1 is 0.289 bits per heavy atom. The highest BCUT2D eigenvalue weighted by Gasteiger charge is 2.30. The molecular formula is C78H70O4S. The predicted octanol–water partition coefficient (Wildman–Crippen LogP) is 21.7. The number of hydrogen-bond acceptors (Lipinski definition) is 4. The normalized spacial score (nSPS) is 11.8. The van der Waals surface area contributed by atoms with E-state index in [1.54, 1.807) is 48.5 Å². The minimum absolute atomic E-state index is 0.154. The Labute approximate surface area is 491 Å². The van der Waals surface area contributed by atoms with E-state index < -0.39 is 9.84 Å². The highest BCUT2D eigenvalue weighted by Crippen LogP contribution is 2.56. The molecule has 11 rings (SSSR count). The summed E-state index contributed by atoms with van der Waals surface area (Å²) >= 11 is 0. The van der Waals surface area contributed by atoms with E-state index >= 15 is 0 Å². The zero-order valence-corrected chi connectivity index (χ0v) is 49.1. The van der Waals surface area contributed by atoms with E-state index in [1.807, 2.05) is 12.1 Å². The number of hydrogen-bond donors (Lipinski definition) is 0. The largest absolute Gasteiger partial charge is 0.488 e. The van der Waals surface area contributed by atoms with Gasteiger partial charge in [0, 0.05) is 0 Å². The number of sulfone groups is 1. The van der Waals surface area contributed by atoms with E-state index in [0.29, 0.717) is 17.2 Å². The van der Waals surface area contributed by atoms with Crippen molar-refractivity contribution in [2.75, 3.05) is 0 Å². The lowest BCUT2D eigenvalue weighted by atomic mass is 9.74. The quantitative estimate of drug-likeness (QED) is 0.0810. The van der Waals surface area contributed by atoms with Crippen LogP contribution in [0.4, 0.5) is 0 Å². The second kappa shape index (κ2) is 24.2. The van der Waals surface area contributed by atoms with Crippen LogP contribution < -0.4 is 9.47 Å². The van der Waals surface area contributed by atoms with Gasteiger partial charge in [-0.2, -0.15) is 0 Å². The average molecular weight is 1100 g/mol.